The van der Waals surface area contributed by atoms with E-state index in [1.165, 1.54) is 0 Å². The third kappa shape index (κ3) is 4.63. The third-order valence-corrected chi connectivity index (χ3v) is 5.62. The van der Waals surface area contributed by atoms with Gasteiger partial charge < -0.3 is 14.6 Å². The molecule has 0 aromatic carbocycles. The molecule has 2 fully saturated rings. The van der Waals surface area contributed by atoms with Crippen molar-refractivity contribution in [1.29, 1.82) is 0 Å². The molecule has 2 rings (SSSR count). The van der Waals surface area contributed by atoms with Gasteiger partial charge in [-0.1, -0.05) is 0 Å². The van der Waals surface area contributed by atoms with Crippen LogP contribution < -0.4 is 0 Å². The summed E-state index contributed by atoms with van der Waals surface area (Å²) in [5, 5.41) is 9.72. The van der Waals surface area contributed by atoms with Crippen LogP contribution in [0.4, 0.5) is 4.79 Å². The number of rotatable bonds is 4. The minimum absolute atomic E-state index is 0.00521. The Balaban J connectivity index is 2.06. The van der Waals surface area contributed by atoms with Gasteiger partial charge in [-0.05, 0) is 78.6 Å². The lowest BCUT2D eigenvalue weighted by molar-refractivity contribution is -0.0140. The molecule has 1 aliphatic heterocycles. The number of carbonyl (C=O) groups excluding carboxylic acids is 1. The number of aliphatic hydroxyl groups excluding tert-OH is 1. The predicted molar refractivity (Wildman–Crippen MR) is 94.0 cm³/mol. The van der Waals surface area contributed by atoms with Gasteiger partial charge in [-0.15, -0.1) is 0 Å². The number of methoxy groups -OCH3 is 1. The molecule has 1 saturated heterocycles. The Bertz CT molecular complexity index is 426. The van der Waals surface area contributed by atoms with Crippen molar-refractivity contribution in [1.82, 2.24) is 4.90 Å². The lowest BCUT2D eigenvalue weighted by Crippen LogP contribution is -2.52. The molecule has 24 heavy (non-hydrogen) atoms. The molecule has 0 radical (unpaired) electrons. The molecule has 0 aromatic rings. The lowest BCUT2D eigenvalue weighted by atomic mass is 9.78. The highest BCUT2D eigenvalue weighted by molar-refractivity contribution is 5.70. The third-order valence-electron chi connectivity index (χ3n) is 5.62. The van der Waals surface area contributed by atoms with Crippen LogP contribution in [0, 0.1) is 5.92 Å². The molecular formula is C19H35NO4. The maximum absolute atomic E-state index is 12.8. The number of hydrogen-bond acceptors (Lipinski definition) is 4. The van der Waals surface area contributed by atoms with Crippen molar-refractivity contribution in [2.24, 2.45) is 5.92 Å². The standard InChI is InChI=1S/C19H35NO4/c1-18(2,3)24-17(22)20-15(13-21)10-11-19(20,4)12-14-6-8-16(23-5)9-7-14/h14-16,21H,6-13H2,1-5H3. The van der Waals surface area contributed by atoms with Crippen LogP contribution in [0.15, 0.2) is 0 Å². The number of carbonyl (C=O) groups is 1. The Morgan fingerprint density at radius 1 is 1.21 bits per heavy atom. The molecule has 2 unspecified atom stereocenters. The summed E-state index contributed by atoms with van der Waals surface area (Å²) in [7, 11) is 1.79. The summed E-state index contributed by atoms with van der Waals surface area (Å²) < 4.78 is 11.1. The van der Waals surface area contributed by atoms with E-state index in [1.807, 2.05) is 25.7 Å². The Kier molecular flexibility index (Phi) is 6.19. The van der Waals surface area contributed by atoms with Gasteiger partial charge >= 0.3 is 6.09 Å². The smallest absolute Gasteiger partial charge is 0.411 e. The van der Waals surface area contributed by atoms with Crippen molar-refractivity contribution in [3.8, 4) is 0 Å². The van der Waals surface area contributed by atoms with E-state index in [-0.39, 0.29) is 24.3 Å². The fraction of sp³-hybridized carbons (Fsp3) is 0.947. The molecule has 1 N–H and O–H groups in total. The molecule has 1 saturated carbocycles. The molecule has 1 heterocycles. The second-order valence-corrected chi connectivity index (χ2v) is 8.80. The number of nitrogens with zero attached hydrogens (tertiary/aromatic N) is 1. The fourth-order valence-corrected chi connectivity index (χ4v) is 4.42. The Hall–Kier alpha value is -0.810. The molecule has 5 nitrogen and oxygen atoms in total. The number of aliphatic hydroxyl groups is 1. The van der Waals surface area contributed by atoms with Gasteiger partial charge in [0.1, 0.15) is 5.60 Å². The van der Waals surface area contributed by atoms with Crippen molar-refractivity contribution in [2.75, 3.05) is 13.7 Å². The zero-order chi connectivity index (χ0) is 18.0. The van der Waals surface area contributed by atoms with E-state index in [0.29, 0.717) is 12.0 Å². The van der Waals surface area contributed by atoms with Crippen molar-refractivity contribution < 1.29 is 19.4 Å². The maximum Gasteiger partial charge on any atom is 0.411 e. The Morgan fingerprint density at radius 2 is 1.83 bits per heavy atom. The zero-order valence-electron chi connectivity index (χ0n) is 16.0. The maximum atomic E-state index is 12.8. The van der Waals surface area contributed by atoms with E-state index in [1.54, 1.807) is 7.11 Å². The van der Waals surface area contributed by atoms with Crippen LogP contribution in [0.3, 0.4) is 0 Å². The van der Waals surface area contributed by atoms with Gasteiger partial charge in [0.2, 0.25) is 0 Å². The largest absolute Gasteiger partial charge is 0.444 e. The first-order chi connectivity index (χ1) is 11.2. The normalized spacial score (nSPS) is 34.4. The van der Waals surface area contributed by atoms with Crippen LogP contribution in [-0.2, 0) is 9.47 Å². The summed E-state index contributed by atoms with van der Waals surface area (Å²) in [6, 6.07) is -0.125. The Morgan fingerprint density at radius 3 is 2.33 bits per heavy atom. The van der Waals surface area contributed by atoms with Crippen LogP contribution in [0.5, 0.6) is 0 Å². The number of amides is 1. The molecule has 0 aromatic heterocycles. The van der Waals surface area contributed by atoms with Gasteiger partial charge in [0.05, 0.1) is 18.8 Å². The minimum atomic E-state index is -0.517. The number of likely N-dealkylation sites (tertiary alicyclic amines) is 1. The van der Waals surface area contributed by atoms with Crippen LogP contribution >= 0.6 is 0 Å². The molecule has 1 aliphatic carbocycles. The van der Waals surface area contributed by atoms with E-state index < -0.39 is 5.60 Å². The van der Waals surface area contributed by atoms with Crippen molar-refractivity contribution in [3.05, 3.63) is 0 Å². The monoisotopic (exact) mass is 341 g/mol. The Labute approximate surface area is 146 Å². The zero-order valence-corrected chi connectivity index (χ0v) is 16.0. The molecule has 0 bridgehead atoms. The first kappa shape index (κ1) is 19.5. The average molecular weight is 341 g/mol. The first-order valence-electron chi connectivity index (χ1n) is 9.34. The van der Waals surface area contributed by atoms with Gasteiger partial charge in [0.15, 0.2) is 0 Å². The van der Waals surface area contributed by atoms with Crippen LogP contribution in [0.25, 0.3) is 0 Å². The number of ether oxygens (including phenoxy) is 2. The SMILES string of the molecule is COC1CCC(CC2(C)CCC(CO)N2C(=O)OC(C)(C)C)CC1. The van der Waals surface area contributed by atoms with Crippen LogP contribution in [-0.4, -0.2) is 53.1 Å². The van der Waals surface area contributed by atoms with E-state index in [0.717, 1.165) is 44.9 Å². The van der Waals surface area contributed by atoms with E-state index in [4.69, 9.17) is 9.47 Å². The predicted octanol–water partition coefficient (Wildman–Crippen LogP) is 3.73. The second kappa shape index (κ2) is 7.61. The highest BCUT2D eigenvalue weighted by Gasteiger charge is 2.48. The quantitative estimate of drug-likeness (QED) is 0.846. The molecular weight excluding hydrogens is 306 g/mol. The summed E-state index contributed by atoms with van der Waals surface area (Å²) in [5.74, 6) is 0.615. The fourth-order valence-electron chi connectivity index (χ4n) is 4.42. The first-order valence-corrected chi connectivity index (χ1v) is 9.34. The van der Waals surface area contributed by atoms with E-state index in [2.05, 4.69) is 6.92 Å². The van der Waals surface area contributed by atoms with Gasteiger partial charge in [-0.3, -0.25) is 4.90 Å². The van der Waals surface area contributed by atoms with Crippen molar-refractivity contribution in [3.63, 3.8) is 0 Å². The van der Waals surface area contributed by atoms with Crippen LogP contribution in [0.1, 0.15) is 72.6 Å². The summed E-state index contributed by atoms with van der Waals surface area (Å²) >= 11 is 0. The summed E-state index contributed by atoms with van der Waals surface area (Å²) in [4.78, 5) is 14.6. The second-order valence-electron chi connectivity index (χ2n) is 8.80. The van der Waals surface area contributed by atoms with Crippen molar-refractivity contribution in [2.45, 2.75) is 95.9 Å². The minimum Gasteiger partial charge on any atom is -0.444 e. The summed E-state index contributed by atoms with van der Waals surface area (Å²) in [5.41, 5.74) is -0.739. The highest BCUT2D eigenvalue weighted by Crippen LogP contribution is 2.42. The van der Waals surface area contributed by atoms with E-state index >= 15 is 0 Å². The molecule has 1 amide bonds. The molecule has 140 valence electrons. The van der Waals surface area contributed by atoms with Gasteiger partial charge in [-0.25, -0.2) is 4.79 Å². The highest BCUT2D eigenvalue weighted by atomic mass is 16.6. The van der Waals surface area contributed by atoms with Gasteiger partial charge in [0, 0.05) is 12.6 Å². The van der Waals surface area contributed by atoms with Crippen molar-refractivity contribution >= 4 is 6.09 Å². The summed E-state index contributed by atoms with van der Waals surface area (Å²) in [6.07, 6.45) is 7.39. The number of hydrogen-bond donors (Lipinski definition) is 1. The van der Waals surface area contributed by atoms with E-state index in [9.17, 15) is 9.90 Å². The molecule has 2 aliphatic rings. The van der Waals surface area contributed by atoms with Gasteiger partial charge in [-0.2, -0.15) is 0 Å². The summed E-state index contributed by atoms with van der Waals surface area (Å²) in [6.45, 7) is 7.83. The molecule has 2 atom stereocenters. The molecule has 0 spiro atoms. The lowest BCUT2D eigenvalue weighted by Gasteiger charge is -2.42. The topological polar surface area (TPSA) is 59.0 Å². The van der Waals surface area contributed by atoms with Gasteiger partial charge in [0.25, 0.3) is 0 Å². The average Bonchev–Trinajstić information content (AvgIpc) is 2.83. The molecule has 5 heteroatoms. The van der Waals surface area contributed by atoms with Crippen LogP contribution in [0.2, 0.25) is 0 Å².